The Labute approximate surface area is 198 Å². The molecule has 35 heavy (non-hydrogen) atoms. The number of methoxy groups -OCH3 is 1. The monoisotopic (exact) mass is 481 g/mol. The first-order valence-corrected chi connectivity index (χ1v) is 10.4. The molecule has 0 saturated heterocycles. The fourth-order valence-electron chi connectivity index (χ4n) is 3.46. The van der Waals surface area contributed by atoms with Gasteiger partial charge in [0.15, 0.2) is 5.82 Å². The van der Waals surface area contributed by atoms with E-state index in [0.717, 1.165) is 18.2 Å². The predicted octanol–water partition coefficient (Wildman–Crippen LogP) is 3.28. The van der Waals surface area contributed by atoms with Gasteiger partial charge >= 0.3 is 6.03 Å². The molecule has 2 aromatic carbocycles. The molecule has 0 bridgehead atoms. The van der Waals surface area contributed by atoms with Crippen LogP contribution in [0.15, 0.2) is 55.0 Å². The number of rotatable bonds is 7. The number of amides is 3. The van der Waals surface area contributed by atoms with Crippen LogP contribution in [0.1, 0.15) is 10.4 Å². The number of carbonyl (C=O) groups is 2. The molecular formula is C23H21F2N7O3. The number of urea groups is 1. The molecule has 12 heteroatoms. The van der Waals surface area contributed by atoms with Crippen molar-refractivity contribution < 1.29 is 23.1 Å². The highest BCUT2D eigenvalue weighted by atomic mass is 19.1. The molecule has 0 aliphatic heterocycles. The van der Waals surface area contributed by atoms with Crippen LogP contribution in [0.3, 0.4) is 0 Å². The van der Waals surface area contributed by atoms with Gasteiger partial charge in [-0.05, 0) is 29.8 Å². The lowest BCUT2D eigenvalue weighted by Gasteiger charge is -2.10. The fourth-order valence-corrected chi connectivity index (χ4v) is 3.46. The molecule has 2 aromatic heterocycles. The van der Waals surface area contributed by atoms with E-state index in [0.29, 0.717) is 41.0 Å². The quantitative estimate of drug-likeness (QED) is 0.299. The van der Waals surface area contributed by atoms with Gasteiger partial charge < -0.3 is 26.4 Å². The number of benzene rings is 2. The number of hydrogen-bond acceptors (Lipinski definition) is 6. The largest absolute Gasteiger partial charge is 0.383 e. The van der Waals surface area contributed by atoms with Crippen molar-refractivity contribution in [1.82, 2.24) is 19.9 Å². The topological polar surface area (TPSA) is 136 Å². The third kappa shape index (κ3) is 5.17. The van der Waals surface area contributed by atoms with Crippen LogP contribution in [0.5, 0.6) is 0 Å². The standard InChI is InChI=1S/C23H21F2N7O3/c1-35-9-8-27-22(33)16-11-32-20(21(26)28-12-29-32)19(16)13-2-5-15(6-3-13)30-23(34)31-18-10-14(24)4-7-17(18)25/h2-7,10-12H,8-9H2,1H3,(H,27,33)(H2,26,28,29)(H2,30,31,34). The van der Waals surface area contributed by atoms with E-state index >= 15 is 0 Å². The minimum atomic E-state index is -0.770. The second-order valence-electron chi connectivity index (χ2n) is 7.39. The Morgan fingerprint density at radius 3 is 2.63 bits per heavy atom. The highest BCUT2D eigenvalue weighted by Gasteiger charge is 2.21. The first-order chi connectivity index (χ1) is 16.9. The summed E-state index contributed by atoms with van der Waals surface area (Å²) < 4.78 is 33.5. The minimum absolute atomic E-state index is 0.185. The first-order valence-electron chi connectivity index (χ1n) is 10.4. The highest BCUT2D eigenvalue weighted by molar-refractivity contribution is 6.07. The van der Waals surface area contributed by atoms with E-state index in [9.17, 15) is 18.4 Å². The molecule has 0 aliphatic rings. The summed E-state index contributed by atoms with van der Waals surface area (Å²) >= 11 is 0. The second kappa shape index (κ2) is 10.1. The van der Waals surface area contributed by atoms with E-state index in [2.05, 4.69) is 26.0 Å². The summed E-state index contributed by atoms with van der Waals surface area (Å²) in [6.45, 7) is 0.657. The summed E-state index contributed by atoms with van der Waals surface area (Å²) in [5.74, 6) is -1.62. The van der Waals surface area contributed by atoms with Crippen LogP contribution in [0.4, 0.5) is 30.8 Å². The van der Waals surface area contributed by atoms with Crippen LogP contribution < -0.4 is 21.7 Å². The summed E-state index contributed by atoms with van der Waals surface area (Å²) in [5, 5.41) is 11.7. The highest BCUT2D eigenvalue weighted by Crippen LogP contribution is 2.33. The molecule has 2 heterocycles. The Bertz CT molecular complexity index is 1390. The van der Waals surface area contributed by atoms with Crippen molar-refractivity contribution in [2.24, 2.45) is 0 Å². The maximum Gasteiger partial charge on any atom is 0.323 e. The van der Waals surface area contributed by atoms with E-state index < -0.39 is 17.7 Å². The van der Waals surface area contributed by atoms with E-state index in [-0.39, 0.29) is 17.4 Å². The molecule has 0 unspecified atom stereocenters. The van der Waals surface area contributed by atoms with Gasteiger partial charge in [0.05, 0.1) is 17.9 Å². The zero-order chi connectivity index (χ0) is 24.9. The fraction of sp³-hybridized carbons (Fsp3) is 0.130. The van der Waals surface area contributed by atoms with Crippen molar-refractivity contribution in [2.75, 3.05) is 36.6 Å². The molecule has 0 saturated carbocycles. The number of aromatic nitrogens is 3. The lowest BCUT2D eigenvalue weighted by molar-refractivity contribution is 0.0937. The molecule has 0 radical (unpaired) electrons. The molecule has 0 spiro atoms. The van der Waals surface area contributed by atoms with Gasteiger partial charge in [-0.25, -0.2) is 23.1 Å². The SMILES string of the molecule is COCCNC(=O)c1cn2ncnc(N)c2c1-c1ccc(NC(=O)Nc2cc(F)ccc2F)cc1. The van der Waals surface area contributed by atoms with Gasteiger partial charge in [-0.3, -0.25) is 4.79 Å². The molecule has 3 amide bonds. The van der Waals surface area contributed by atoms with Crippen LogP contribution in [0.2, 0.25) is 0 Å². The molecule has 4 aromatic rings. The second-order valence-corrected chi connectivity index (χ2v) is 7.39. The molecule has 180 valence electrons. The molecule has 4 rings (SSSR count). The van der Waals surface area contributed by atoms with Crippen molar-refractivity contribution in [1.29, 1.82) is 0 Å². The lowest BCUT2D eigenvalue weighted by Crippen LogP contribution is -2.27. The molecule has 5 N–H and O–H groups in total. The Morgan fingerprint density at radius 2 is 1.89 bits per heavy atom. The summed E-state index contributed by atoms with van der Waals surface area (Å²) in [5.41, 5.74) is 8.06. The van der Waals surface area contributed by atoms with E-state index in [4.69, 9.17) is 10.5 Å². The molecular weight excluding hydrogens is 460 g/mol. The molecule has 0 atom stereocenters. The zero-order valence-corrected chi connectivity index (χ0v) is 18.5. The molecule has 10 nitrogen and oxygen atoms in total. The van der Waals surface area contributed by atoms with E-state index in [1.165, 1.54) is 18.0 Å². The number of anilines is 3. The van der Waals surface area contributed by atoms with Gasteiger partial charge in [0.25, 0.3) is 5.91 Å². The number of nitrogens with one attached hydrogen (secondary N) is 3. The van der Waals surface area contributed by atoms with E-state index in [1.807, 2.05) is 0 Å². The van der Waals surface area contributed by atoms with Gasteiger partial charge in [-0.15, -0.1) is 0 Å². The number of nitrogen functional groups attached to an aromatic ring is 1. The number of ether oxygens (including phenoxy) is 1. The number of nitrogens with zero attached hydrogens (tertiary/aromatic N) is 3. The van der Waals surface area contributed by atoms with Gasteiger partial charge in [-0.1, -0.05) is 12.1 Å². The Balaban J connectivity index is 1.59. The molecule has 0 fully saturated rings. The normalized spacial score (nSPS) is 10.8. The van der Waals surface area contributed by atoms with Crippen LogP contribution in [-0.4, -0.2) is 46.8 Å². The first kappa shape index (κ1) is 23.6. The number of fused-ring (bicyclic) bond motifs is 1. The third-order valence-corrected chi connectivity index (χ3v) is 5.05. The van der Waals surface area contributed by atoms with Crippen molar-refractivity contribution in [2.45, 2.75) is 0 Å². The average molecular weight is 481 g/mol. The van der Waals surface area contributed by atoms with Crippen molar-refractivity contribution >= 4 is 34.6 Å². The van der Waals surface area contributed by atoms with Crippen molar-refractivity contribution in [3.05, 3.63) is 72.2 Å². The van der Waals surface area contributed by atoms with Crippen LogP contribution in [0.25, 0.3) is 16.6 Å². The Morgan fingerprint density at radius 1 is 1.11 bits per heavy atom. The van der Waals surface area contributed by atoms with Gasteiger partial charge in [0, 0.05) is 37.2 Å². The number of hydrogen-bond donors (Lipinski definition) is 4. The predicted molar refractivity (Wildman–Crippen MR) is 126 cm³/mol. The van der Waals surface area contributed by atoms with Crippen LogP contribution >= 0.6 is 0 Å². The summed E-state index contributed by atoms with van der Waals surface area (Å²) in [7, 11) is 1.53. The number of nitrogens with two attached hydrogens (primary N) is 1. The Hall–Kier alpha value is -4.58. The van der Waals surface area contributed by atoms with Gasteiger partial charge in [0.1, 0.15) is 23.5 Å². The van der Waals surface area contributed by atoms with Gasteiger partial charge in [-0.2, -0.15) is 5.10 Å². The van der Waals surface area contributed by atoms with Crippen molar-refractivity contribution in [3.63, 3.8) is 0 Å². The smallest absolute Gasteiger partial charge is 0.323 e. The Kier molecular flexibility index (Phi) is 6.83. The van der Waals surface area contributed by atoms with Crippen molar-refractivity contribution in [3.8, 4) is 11.1 Å². The number of halogens is 2. The van der Waals surface area contributed by atoms with Gasteiger partial charge in [0.2, 0.25) is 0 Å². The third-order valence-electron chi connectivity index (χ3n) is 5.05. The van der Waals surface area contributed by atoms with E-state index in [1.54, 1.807) is 30.5 Å². The summed E-state index contributed by atoms with van der Waals surface area (Å²) in [4.78, 5) is 29.1. The maximum atomic E-state index is 13.8. The maximum absolute atomic E-state index is 13.8. The van der Waals surface area contributed by atoms with Crippen LogP contribution in [0, 0.1) is 11.6 Å². The average Bonchev–Trinajstić information content (AvgIpc) is 3.23. The lowest BCUT2D eigenvalue weighted by atomic mass is 10.0. The minimum Gasteiger partial charge on any atom is -0.383 e. The zero-order valence-electron chi connectivity index (χ0n) is 18.5. The number of carbonyl (C=O) groups excluding carboxylic acids is 2. The molecule has 0 aliphatic carbocycles. The summed E-state index contributed by atoms with van der Waals surface area (Å²) in [6.07, 6.45) is 2.84. The summed E-state index contributed by atoms with van der Waals surface area (Å²) in [6, 6.07) is 8.51. The van der Waals surface area contributed by atoms with Crippen LogP contribution in [-0.2, 0) is 4.74 Å².